The number of amides is 2. The van der Waals surface area contributed by atoms with E-state index in [1.54, 1.807) is 22.9 Å². The molecule has 132 valence electrons. The van der Waals surface area contributed by atoms with Crippen molar-refractivity contribution < 1.29 is 14.3 Å². The van der Waals surface area contributed by atoms with Crippen LogP contribution in [-0.4, -0.2) is 41.4 Å². The Labute approximate surface area is 146 Å². The van der Waals surface area contributed by atoms with Gasteiger partial charge in [-0.1, -0.05) is 18.2 Å². The minimum absolute atomic E-state index is 0.127. The number of anilines is 1. The van der Waals surface area contributed by atoms with Gasteiger partial charge in [0.25, 0.3) is 0 Å². The standard InChI is InChI=1S/C18H22N4O3/c1-13(23)22-16-6-4-3-5-15(16)9-17(22)18(24)19-10-14-11-20-21(12-14)7-8-25-2/h3-6,11-12,17H,7-10H2,1-2H3,(H,19,24)/t17-/m0/s1. The van der Waals surface area contributed by atoms with E-state index in [0.717, 1.165) is 16.8 Å². The lowest BCUT2D eigenvalue weighted by Gasteiger charge is -2.23. The highest BCUT2D eigenvalue weighted by Gasteiger charge is 2.36. The summed E-state index contributed by atoms with van der Waals surface area (Å²) in [5.74, 6) is -0.284. The zero-order valence-electron chi connectivity index (χ0n) is 14.4. The van der Waals surface area contributed by atoms with Crippen LogP contribution in [0.25, 0.3) is 0 Å². The number of nitrogens with one attached hydrogen (secondary N) is 1. The number of rotatable bonds is 6. The molecule has 0 radical (unpaired) electrons. The van der Waals surface area contributed by atoms with Gasteiger partial charge in [-0.2, -0.15) is 5.10 Å². The second-order valence-electron chi connectivity index (χ2n) is 6.06. The minimum atomic E-state index is -0.501. The fourth-order valence-corrected chi connectivity index (χ4v) is 3.10. The van der Waals surface area contributed by atoms with Crippen LogP contribution >= 0.6 is 0 Å². The molecule has 0 unspecified atom stereocenters. The highest BCUT2D eigenvalue weighted by Crippen LogP contribution is 2.32. The van der Waals surface area contributed by atoms with E-state index in [2.05, 4.69) is 10.4 Å². The third kappa shape index (κ3) is 3.71. The second-order valence-corrected chi connectivity index (χ2v) is 6.06. The predicted molar refractivity (Wildman–Crippen MR) is 93.0 cm³/mol. The largest absolute Gasteiger partial charge is 0.383 e. The van der Waals surface area contributed by atoms with Crippen LogP contribution in [0.2, 0.25) is 0 Å². The van der Waals surface area contributed by atoms with Gasteiger partial charge >= 0.3 is 0 Å². The number of fused-ring (bicyclic) bond motifs is 1. The van der Waals surface area contributed by atoms with Crippen LogP contribution in [-0.2, 0) is 33.8 Å². The van der Waals surface area contributed by atoms with E-state index in [-0.39, 0.29) is 11.8 Å². The van der Waals surface area contributed by atoms with E-state index in [1.165, 1.54) is 6.92 Å². The van der Waals surface area contributed by atoms with E-state index < -0.39 is 6.04 Å². The van der Waals surface area contributed by atoms with Gasteiger partial charge in [-0.15, -0.1) is 0 Å². The average Bonchev–Trinajstić information content (AvgIpc) is 3.22. The van der Waals surface area contributed by atoms with Gasteiger partial charge in [-0.3, -0.25) is 19.2 Å². The Kier molecular flexibility index (Phi) is 5.14. The number of ether oxygens (including phenoxy) is 1. The van der Waals surface area contributed by atoms with Crippen molar-refractivity contribution in [1.82, 2.24) is 15.1 Å². The summed E-state index contributed by atoms with van der Waals surface area (Å²) < 4.78 is 6.79. The molecule has 3 rings (SSSR count). The maximum Gasteiger partial charge on any atom is 0.243 e. The highest BCUT2D eigenvalue weighted by molar-refractivity contribution is 6.02. The SMILES string of the molecule is COCCn1cc(CNC(=O)[C@@H]2Cc3ccccc3N2C(C)=O)cn1. The monoisotopic (exact) mass is 342 g/mol. The first-order chi connectivity index (χ1) is 12.1. The number of nitrogens with zero attached hydrogens (tertiary/aromatic N) is 3. The summed E-state index contributed by atoms with van der Waals surface area (Å²) in [5, 5.41) is 7.14. The quantitative estimate of drug-likeness (QED) is 0.854. The number of hydrogen-bond donors (Lipinski definition) is 1. The molecule has 2 heterocycles. The van der Waals surface area contributed by atoms with Crippen molar-refractivity contribution >= 4 is 17.5 Å². The Morgan fingerprint density at radius 1 is 1.36 bits per heavy atom. The molecule has 1 aromatic carbocycles. The van der Waals surface area contributed by atoms with Crippen molar-refractivity contribution in [2.75, 3.05) is 18.6 Å². The van der Waals surface area contributed by atoms with Crippen molar-refractivity contribution in [3.8, 4) is 0 Å². The lowest BCUT2D eigenvalue weighted by atomic mass is 10.1. The molecule has 0 aliphatic carbocycles. The van der Waals surface area contributed by atoms with Gasteiger partial charge in [0.2, 0.25) is 11.8 Å². The maximum atomic E-state index is 12.6. The number of carbonyl (C=O) groups is 2. The first-order valence-corrected chi connectivity index (χ1v) is 8.26. The molecule has 0 fully saturated rings. The predicted octanol–water partition coefficient (Wildman–Crippen LogP) is 1.12. The van der Waals surface area contributed by atoms with E-state index in [1.807, 2.05) is 30.5 Å². The minimum Gasteiger partial charge on any atom is -0.383 e. The van der Waals surface area contributed by atoms with Crippen LogP contribution in [0.15, 0.2) is 36.7 Å². The van der Waals surface area contributed by atoms with Gasteiger partial charge in [0, 0.05) is 44.4 Å². The summed E-state index contributed by atoms with van der Waals surface area (Å²) in [6.45, 7) is 3.12. The molecule has 1 N–H and O–H groups in total. The first-order valence-electron chi connectivity index (χ1n) is 8.26. The molecule has 0 saturated heterocycles. The molecule has 7 nitrogen and oxygen atoms in total. The van der Waals surface area contributed by atoms with Crippen LogP contribution in [0.5, 0.6) is 0 Å². The average molecular weight is 342 g/mol. The number of methoxy groups -OCH3 is 1. The van der Waals surface area contributed by atoms with Gasteiger partial charge in [0.1, 0.15) is 6.04 Å². The second kappa shape index (κ2) is 7.48. The number of aromatic nitrogens is 2. The molecule has 1 aliphatic heterocycles. The molecule has 2 aromatic rings. The van der Waals surface area contributed by atoms with Gasteiger partial charge in [0.15, 0.2) is 0 Å². The molecule has 0 saturated carbocycles. The first kappa shape index (κ1) is 17.2. The lowest BCUT2D eigenvalue weighted by molar-refractivity contribution is -0.125. The van der Waals surface area contributed by atoms with Crippen molar-refractivity contribution in [3.63, 3.8) is 0 Å². The Morgan fingerprint density at radius 3 is 2.92 bits per heavy atom. The van der Waals surface area contributed by atoms with Crippen LogP contribution in [0.1, 0.15) is 18.1 Å². The molecule has 7 heteroatoms. The highest BCUT2D eigenvalue weighted by atomic mass is 16.5. The van der Waals surface area contributed by atoms with Gasteiger partial charge in [-0.25, -0.2) is 0 Å². The Hall–Kier alpha value is -2.67. The van der Waals surface area contributed by atoms with E-state index in [9.17, 15) is 9.59 Å². The van der Waals surface area contributed by atoms with E-state index in [4.69, 9.17) is 4.74 Å². The van der Waals surface area contributed by atoms with Crippen molar-refractivity contribution in [2.45, 2.75) is 32.5 Å². The third-order valence-electron chi connectivity index (χ3n) is 4.30. The van der Waals surface area contributed by atoms with Gasteiger partial charge < -0.3 is 10.1 Å². The molecule has 0 bridgehead atoms. The molecule has 0 spiro atoms. The zero-order valence-corrected chi connectivity index (χ0v) is 14.4. The molecule has 1 aromatic heterocycles. The summed E-state index contributed by atoms with van der Waals surface area (Å²) >= 11 is 0. The summed E-state index contributed by atoms with van der Waals surface area (Å²) in [5.41, 5.74) is 2.75. The topological polar surface area (TPSA) is 76.5 Å². The fourth-order valence-electron chi connectivity index (χ4n) is 3.10. The van der Waals surface area contributed by atoms with Crippen molar-refractivity contribution in [3.05, 3.63) is 47.8 Å². The summed E-state index contributed by atoms with van der Waals surface area (Å²) in [6, 6.07) is 7.14. The number of carbonyl (C=O) groups excluding carboxylic acids is 2. The molecule has 1 aliphatic rings. The molecular formula is C18H22N4O3. The smallest absolute Gasteiger partial charge is 0.243 e. The van der Waals surface area contributed by atoms with Crippen LogP contribution in [0, 0.1) is 0 Å². The van der Waals surface area contributed by atoms with Crippen molar-refractivity contribution in [1.29, 1.82) is 0 Å². The normalized spacial score (nSPS) is 15.9. The number of para-hydroxylation sites is 1. The van der Waals surface area contributed by atoms with E-state index in [0.29, 0.717) is 26.1 Å². The maximum absolute atomic E-state index is 12.6. The van der Waals surface area contributed by atoms with Crippen molar-refractivity contribution in [2.24, 2.45) is 0 Å². The Balaban J connectivity index is 1.63. The summed E-state index contributed by atoms with van der Waals surface area (Å²) in [4.78, 5) is 26.2. The third-order valence-corrected chi connectivity index (χ3v) is 4.30. The molecule has 2 amide bonds. The fraction of sp³-hybridized carbons (Fsp3) is 0.389. The Bertz CT molecular complexity index is 771. The van der Waals surface area contributed by atoms with Crippen LogP contribution in [0.3, 0.4) is 0 Å². The number of benzene rings is 1. The van der Waals surface area contributed by atoms with E-state index >= 15 is 0 Å². The molecular weight excluding hydrogens is 320 g/mol. The molecule has 25 heavy (non-hydrogen) atoms. The lowest BCUT2D eigenvalue weighted by Crippen LogP contribution is -2.47. The number of hydrogen-bond acceptors (Lipinski definition) is 4. The van der Waals surface area contributed by atoms with Crippen LogP contribution in [0.4, 0.5) is 5.69 Å². The van der Waals surface area contributed by atoms with Gasteiger partial charge in [-0.05, 0) is 11.6 Å². The molecule has 1 atom stereocenters. The summed E-state index contributed by atoms with van der Waals surface area (Å²) in [7, 11) is 1.64. The van der Waals surface area contributed by atoms with Gasteiger partial charge in [0.05, 0.1) is 19.3 Å². The Morgan fingerprint density at radius 2 is 2.16 bits per heavy atom. The zero-order chi connectivity index (χ0) is 17.8. The van der Waals surface area contributed by atoms with Crippen LogP contribution < -0.4 is 10.2 Å². The summed E-state index contributed by atoms with van der Waals surface area (Å²) in [6.07, 6.45) is 4.14.